The molecule has 39 heavy (non-hydrogen) atoms. The van der Waals surface area contributed by atoms with Crippen LogP contribution >= 0.6 is 0 Å². The Bertz CT molecular complexity index is 1410. The molecule has 2 N–H and O–H groups in total. The zero-order valence-corrected chi connectivity index (χ0v) is 21.9. The number of rotatable bonds is 8. The lowest BCUT2D eigenvalue weighted by Gasteiger charge is -2.33. The number of aromatic nitrogens is 1. The highest BCUT2D eigenvalue weighted by atomic mass is 19.1. The number of benzene rings is 3. The number of carbonyl (C=O) groups is 2. The molecule has 200 valence electrons. The molecule has 0 radical (unpaired) electrons. The summed E-state index contributed by atoms with van der Waals surface area (Å²) in [4.78, 5) is 33.0. The first-order chi connectivity index (χ1) is 19.0. The van der Waals surface area contributed by atoms with Crippen LogP contribution in [0.15, 0.2) is 91.0 Å². The molecule has 7 heteroatoms. The fraction of sp³-hybridized carbons (Fsp3) is 0.250. The first kappa shape index (κ1) is 26.2. The van der Waals surface area contributed by atoms with E-state index in [1.54, 1.807) is 49.6 Å². The first-order valence-corrected chi connectivity index (χ1v) is 13.3. The van der Waals surface area contributed by atoms with E-state index in [1.807, 2.05) is 36.4 Å². The van der Waals surface area contributed by atoms with Gasteiger partial charge in [-0.25, -0.2) is 4.39 Å². The average molecular weight is 526 g/mol. The highest BCUT2D eigenvalue weighted by Gasteiger charge is 2.35. The van der Waals surface area contributed by atoms with Gasteiger partial charge in [-0.2, -0.15) is 0 Å². The molecule has 1 aliphatic rings. The minimum atomic E-state index is -1.03. The predicted molar refractivity (Wildman–Crippen MR) is 150 cm³/mol. The van der Waals surface area contributed by atoms with Crippen molar-refractivity contribution in [2.24, 2.45) is 0 Å². The maximum absolute atomic E-state index is 14.3. The van der Waals surface area contributed by atoms with Gasteiger partial charge >= 0.3 is 0 Å². The summed E-state index contributed by atoms with van der Waals surface area (Å²) in [6.07, 6.45) is 5.04. The van der Waals surface area contributed by atoms with Crippen LogP contribution in [0.4, 0.5) is 10.1 Å². The zero-order chi connectivity index (χ0) is 27.2. The highest BCUT2D eigenvalue weighted by Crippen LogP contribution is 2.33. The summed E-state index contributed by atoms with van der Waals surface area (Å²) in [5.41, 5.74) is 3.05. The fourth-order valence-corrected chi connectivity index (χ4v) is 5.17. The predicted octanol–water partition coefficient (Wildman–Crippen LogP) is 6.67. The van der Waals surface area contributed by atoms with Gasteiger partial charge < -0.3 is 15.0 Å². The Kier molecular flexibility index (Phi) is 8.06. The first-order valence-electron chi connectivity index (χ1n) is 13.3. The van der Waals surface area contributed by atoms with E-state index in [1.165, 1.54) is 17.0 Å². The van der Waals surface area contributed by atoms with Crippen molar-refractivity contribution in [2.45, 2.75) is 44.2 Å². The smallest absolute Gasteiger partial charge is 0.275 e. The number of amides is 2. The summed E-state index contributed by atoms with van der Waals surface area (Å²) < 4.78 is 19.4. The molecule has 0 unspecified atom stereocenters. The van der Waals surface area contributed by atoms with E-state index in [0.29, 0.717) is 22.7 Å². The second-order valence-corrected chi connectivity index (χ2v) is 9.83. The van der Waals surface area contributed by atoms with E-state index >= 15 is 0 Å². The quantitative estimate of drug-likeness (QED) is 0.270. The van der Waals surface area contributed by atoms with Gasteiger partial charge in [-0.05, 0) is 60.4 Å². The molecule has 6 nitrogen and oxygen atoms in total. The number of hydrogen-bond acceptors (Lipinski definition) is 3. The van der Waals surface area contributed by atoms with E-state index in [4.69, 9.17) is 4.74 Å². The van der Waals surface area contributed by atoms with E-state index in [-0.39, 0.29) is 11.9 Å². The third kappa shape index (κ3) is 6.03. The molecule has 1 atom stereocenters. The van der Waals surface area contributed by atoms with Crippen LogP contribution in [-0.2, 0) is 4.79 Å². The van der Waals surface area contributed by atoms with Crippen LogP contribution in [0.5, 0.6) is 5.75 Å². The summed E-state index contributed by atoms with van der Waals surface area (Å²) in [6, 6.07) is 25.1. The Balaban J connectivity index is 1.59. The number of hydrogen-bond donors (Lipinski definition) is 2. The number of nitrogens with one attached hydrogen (secondary N) is 2. The fourth-order valence-electron chi connectivity index (χ4n) is 5.17. The maximum Gasteiger partial charge on any atom is 0.275 e. The number of ether oxygens (including phenoxy) is 1. The molecular formula is C32H32FN3O3. The molecule has 2 amide bonds. The second kappa shape index (κ2) is 12.0. The molecule has 0 saturated heterocycles. The molecule has 5 rings (SSSR count). The monoisotopic (exact) mass is 525 g/mol. The SMILES string of the molecule is COc1cccc(N(C(=O)c2ccc(-c3ccccc3)[nH]2)[C@H](C(=O)NC2CCCCC2)c2ccc(F)cc2)c1. The van der Waals surface area contributed by atoms with Crippen molar-refractivity contribution in [3.05, 3.63) is 108 Å². The van der Waals surface area contributed by atoms with Gasteiger partial charge in [0, 0.05) is 23.5 Å². The van der Waals surface area contributed by atoms with Crippen molar-refractivity contribution in [1.82, 2.24) is 10.3 Å². The van der Waals surface area contributed by atoms with E-state index in [2.05, 4.69) is 10.3 Å². The average Bonchev–Trinajstić information content (AvgIpc) is 3.48. The van der Waals surface area contributed by atoms with Gasteiger partial charge in [-0.3, -0.25) is 14.5 Å². The van der Waals surface area contributed by atoms with Crippen molar-refractivity contribution in [1.29, 1.82) is 0 Å². The lowest BCUT2D eigenvalue weighted by Crippen LogP contribution is -2.47. The van der Waals surface area contributed by atoms with Crippen molar-refractivity contribution < 1.29 is 18.7 Å². The number of methoxy groups -OCH3 is 1. The van der Waals surface area contributed by atoms with E-state index in [0.717, 1.165) is 43.4 Å². The highest BCUT2D eigenvalue weighted by molar-refractivity contribution is 6.09. The van der Waals surface area contributed by atoms with Crippen LogP contribution in [0.3, 0.4) is 0 Å². The molecule has 1 fully saturated rings. The minimum absolute atomic E-state index is 0.0339. The summed E-state index contributed by atoms with van der Waals surface area (Å²) in [6.45, 7) is 0. The number of carbonyl (C=O) groups excluding carboxylic acids is 2. The van der Waals surface area contributed by atoms with Crippen molar-refractivity contribution in [3.63, 3.8) is 0 Å². The molecule has 0 bridgehead atoms. The Morgan fingerprint density at radius 2 is 1.67 bits per heavy atom. The van der Waals surface area contributed by atoms with Crippen LogP contribution in [0.1, 0.15) is 54.2 Å². The van der Waals surface area contributed by atoms with Crippen molar-refractivity contribution in [3.8, 4) is 17.0 Å². The Labute approximate surface area is 227 Å². The minimum Gasteiger partial charge on any atom is -0.497 e. The third-order valence-corrected chi connectivity index (χ3v) is 7.20. The van der Waals surface area contributed by atoms with Crippen molar-refractivity contribution >= 4 is 17.5 Å². The summed E-state index contributed by atoms with van der Waals surface area (Å²) >= 11 is 0. The Hall–Kier alpha value is -4.39. The maximum atomic E-state index is 14.3. The molecule has 1 aromatic heterocycles. The summed E-state index contributed by atoms with van der Waals surface area (Å²) in [5, 5.41) is 3.18. The number of nitrogens with zero attached hydrogens (tertiary/aromatic N) is 1. The van der Waals surface area contributed by atoms with Gasteiger partial charge in [0.1, 0.15) is 23.3 Å². The molecule has 4 aromatic rings. The number of aromatic amines is 1. The van der Waals surface area contributed by atoms with Crippen LogP contribution in [0, 0.1) is 5.82 Å². The van der Waals surface area contributed by atoms with Crippen LogP contribution in [0.25, 0.3) is 11.3 Å². The van der Waals surface area contributed by atoms with Gasteiger partial charge in [-0.15, -0.1) is 0 Å². The summed E-state index contributed by atoms with van der Waals surface area (Å²) in [7, 11) is 1.55. The third-order valence-electron chi connectivity index (χ3n) is 7.20. The number of halogens is 1. The molecule has 1 heterocycles. The van der Waals surface area contributed by atoms with Gasteiger partial charge in [-0.1, -0.05) is 67.8 Å². The van der Waals surface area contributed by atoms with Crippen molar-refractivity contribution in [2.75, 3.05) is 12.0 Å². The molecule has 0 aliphatic heterocycles. The van der Waals surface area contributed by atoms with Gasteiger partial charge in [0.25, 0.3) is 5.91 Å². The summed E-state index contributed by atoms with van der Waals surface area (Å²) in [5.74, 6) is -0.563. The topological polar surface area (TPSA) is 74.4 Å². The molecular weight excluding hydrogens is 493 g/mol. The zero-order valence-electron chi connectivity index (χ0n) is 21.9. The lowest BCUT2D eigenvalue weighted by atomic mass is 9.94. The standard InChI is InChI=1S/C32H32FN3O3/c1-39-27-14-8-13-26(21-27)36(32(38)29-20-19-28(35-29)22-9-4-2-5-10-22)30(23-15-17-24(33)18-16-23)31(37)34-25-11-6-3-7-12-25/h2,4-5,8-10,13-21,25,30,35H,3,6-7,11-12H2,1H3,(H,34,37)/t30-/m0/s1. The van der Waals surface area contributed by atoms with E-state index in [9.17, 15) is 14.0 Å². The molecule has 3 aromatic carbocycles. The van der Waals surface area contributed by atoms with Gasteiger partial charge in [0.05, 0.1) is 7.11 Å². The second-order valence-electron chi connectivity index (χ2n) is 9.83. The van der Waals surface area contributed by atoms with E-state index < -0.39 is 17.8 Å². The normalized spacial score (nSPS) is 14.4. The molecule has 1 saturated carbocycles. The largest absolute Gasteiger partial charge is 0.497 e. The number of H-pyrrole nitrogens is 1. The lowest BCUT2D eigenvalue weighted by molar-refractivity contribution is -0.123. The Morgan fingerprint density at radius 3 is 2.38 bits per heavy atom. The van der Waals surface area contributed by atoms with Crippen LogP contribution in [0.2, 0.25) is 0 Å². The van der Waals surface area contributed by atoms with Crippen LogP contribution in [-0.4, -0.2) is 29.9 Å². The Morgan fingerprint density at radius 1 is 0.923 bits per heavy atom. The molecule has 0 spiro atoms. The number of anilines is 1. The van der Waals surface area contributed by atoms with Crippen LogP contribution < -0.4 is 15.0 Å². The van der Waals surface area contributed by atoms with Gasteiger partial charge in [0.15, 0.2) is 0 Å². The molecule has 1 aliphatic carbocycles. The van der Waals surface area contributed by atoms with Gasteiger partial charge in [0.2, 0.25) is 5.91 Å².